The van der Waals surface area contributed by atoms with Gasteiger partial charge in [-0.2, -0.15) is 5.26 Å². The van der Waals surface area contributed by atoms with Gasteiger partial charge in [0, 0.05) is 6.08 Å². The van der Waals surface area contributed by atoms with Gasteiger partial charge in [-0.15, -0.1) is 0 Å². The molecule has 0 spiro atoms. The Morgan fingerprint density at radius 3 is 2.64 bits per heavy atom. The number of nitro groups is 1. The Morgan fingerprint density at radius 2 is 2.21 bits per heavy atom. The molecule has 4 nitrogen and oxygen atoms in total. The Hall–Kier alpha value is -2.15. The van der Waals surface area contributed by atoms with E-state index >= 15 is 0 Å². The van der Waals surface area contributed by atoms with Gasteiger partial charge in [0.2, 0.25) is 6.20 Å². The second kappa shape index (κ2) is 6.38. The van der Waals surface area contributed by atoms with Gasteiger partial charge in [-0.25, -0.2) is 0 Å². The van der Waals surface area contributed by atoms with Crippen LogP contribution in [-0.2, 0) is 0 Å². The van der Waals surface area contributed by atoms with Crippen LogP contribution in [0.2, 0.25) is 0 Å². The van der Waals surface area contributed by atoms with Gasteiger partial charge in [0.1, 0.15) is 0 Å². The van der Waals surface area contributed by atoms with E-state index in [1.807, 2.05) is 13.0 Å². The molecule has 0 aliphatic carbocycles. The summed E-state index contributed by atoms with van der Waals surface area (Å²) in [5, 5.41) is 18.6. The number of allylic oxidation sites excluding steroid dienone is 6. The number of rotatable bonds is 4. The smallest absolute Gasteiger partial charge is 0.235 e. The summed E-state index contributed by atoms with van der Waals surface area (Å²) in [6, 6.07) is 1.82. The van der Waals surface area contributed by atoms with Crippen molar-refractivity contribution in [1.82, 2.24) is 0 Å². The zero-order valence-electron chi connectivity index (χ0n) is 7.80. The molecule has 0 fully saturated rings. The van der Waals surface area contributed by atoms with E-state index in [4.69, 9.17) is 5.26 Å². The zero-order valence-corrected chi connectivity index (χ0v) is 7.80. The molecule has 0 amide bonds. The minimum Gasteiger partial charge on any atom is -0.259 e. The molecule has 0 bridgehead atoms. The normalized spacial score (nSPS) is 11.9. The summed E-state index contributed by atoms with van der Waals surface area (Å²) >= 11 is 0. The average molecular weight is 190 g/mol. The van der Waals surface area contributed by atoms with Crippen molar-refractivity contribution in [2.45, 2.75) is 6.92 Å². The molecule has 0 rings (SSSR count). The van der Waals surface area contributed by atoms with Crippen LogP contribution in [0.25, 0.3) is 0 Å². The van der Waals surface area contributed by atoms with Gasteiger partial charge in [0.15, 0.2) is 0 Å². The lowest BCUT2D eigenvalue weighted by molar-refractivity contribution is -0.402. The summed E-state index contributed by atoms with van der Waals surface area (Å²) in [5.41, 5.74) is 0.821. The van der Waals surface area contributed by atoms with Crippen molar-refractivity contribution in [2.75, 3.05) is 0 Å². The first kappa shape index (κ1) is 11.8. The molecule has 0 unspecified atom stereocenters. The van der Waals surface area contributed by atoms with Crippen LogP contribution in [0.15, 0.2) is 48.2 Å². The summed E-state index contributed by atoms with van der Waals surface area (Å²) in [6.07, 6.45) is 6.80. The molecule has 0 aromatic rings. The highest BCUT2D eigenvalue weighted by Crippen LogP contribution is 2.03. The number of nitrogens with zero attached hydrogens (tertiary/aromatic N) is 2. The van der Waals surface area contributed by atoms with Crippen LogP contribution in [0.4, 0.5) is 0 Å². The van der Waals surface area contributed by atoms with Gasteiger partial charge in [-0.1, -0.05) is 18.7 Å². The molecule has 0 atom stereocenters. The molecule has 0 radical (unpaired) electrons. The van der Waals surface area contributed by atoms with E-state index in [1.165, 1.54) is 6.08 Å². The van der Waals surface area contributed by atoms with Crippen molar-refractivity contribution in [3.8, 4) is 6.07 Å². The molecular formula is C10H10N2O2. The summed E-state index contributed by atoms with van der Waals surface area (Å²) in [7, 11) is 0. The number of nitriles is 1. The topological polar surface area (TPSA) is 66.9 Å². The zero-order chi connectivity index (χ0) is 11.0. The molecule has 0 N–H and O–H groups in total. The van der Waals surface area contributed by atoms with Crippen LogP contribution in [0.3, 0.4) is 0 Å². The van der Waals surface area contributed by atoms with Crippen LogP contribution in [0, 0.1) is 21.4 Å². The Kier molecular flexibility index (Phi) is 5.40. The standard InChI is InChI=1S/C10H10N2O2/c1-3-4-9(2)7-10(8-11)5-6-12(13)14/h3-7H,2H2,1H3. The second-order valence-electron chi connectivity index (χ2n) is 2.39. The second-order valence-corrected chi connectivity index (χ2v) is 2.39. The molecule has 0 aromatic carbocycles. The Balaban J connectivity index is 4.66. The molecule has 0 heterocycles. The van der Waals surface area contributed by atoms with Gasteiger partial charge >= 0.3 is 0 Å². The first-order chi connectivity index (χ1) is 6.60. The van der Waals surface area contributed by atoms with E-state index < -0.39 is 4.92 Å². The van der Waals surface area contributed by atoms with Gasteiger partial charge in [-0.3, -0.25) is 10.1 Å². The van der Waals surface area contributed by atoms with Crippen LogP contribution in [-0.4, -0.2) is 4.92 Å². The molecule has 4 heteroatoms. The van der Waals surface area contributed by atoms with Crippen molar-refractivity contribution in [1.29, 1.82) is 5.26 Å². The fourth-order valence-electron chi connectivity index (χ4n) is 0.721. The van der Waals surface area contributed by atoms with Gasteiger partial charge < -0.3 is 0 Å². The minimum atomic E-state index is -0.621. The quantitative estimate of drug-likeness (QED) is 0.296. The maximum Gasteiger partial charge on any atom is 0.235 e. The largest absolute Gasteiger partial charge is 0.259 e. The van der Waals surface area contributed by atoms with E-state index in [0.717, 1.165) is 12.3 Å². The van der Waals surface area contributed by atoms with Crippen LogP contribution < -0.4 is 0 Å². The highest BCUT2D eigenvalue weighted by Gasteiger charge is 1.92. The third kappa shape index (κ3) is 5.49. The van der Waals surface area contributed by atoms with E-state index in [-0.39, 0.29) is 5.57 Å². The molecule has 72 valence electrons. The molecule has 14 heavy (non-hydrogen) atoms. The Bertz CT molecular complexity index is 357. The summed E-state index contributed by atoms with van der Waals surface area (Å²) in [4.78, 5) is 9.36. The van der Waals surface area contributed by atoms with E-state index in [1.54, 1.807) is 12.2 Å². The van der Waals surface area contributed by atoms with Crippen molar-refractivity contribution in [3.63, 3.8) is 0 Å². The predicted molar refractivity (Wildman–Crippen MR) is 53.8 cm³/mol. The number of hydrogen-bond acceptors (Lipinski definition) is 3. The SMILES string of the molecule is C=C(C=CC)C=C(C#N)C=C[N+](=O)[O-]. The van der Waals surface area contributed by atoms with Crippen molar-refractivity contribution in [3.05, 3.63) is 58.3 Å². The Morgan fingerprint density at radius 1 is 1.57 bits per heavy atom. The first-order valence-corrected chi connectivity index (χ1v) is 3.85. The summed E-state index contributed by atoms with van der Waals surface area (Å²) < 4.78 is 0. The van der Waals surface area contributed by atoms with Crippen LogP contribution >= 0.6 is 0 Å². The third-order valence-electron chi connectivity index (χ3n) is 1.23. The van der Waals surface area contributed by atoms with Gasteiger partial charge in [0.05, 0.1) is 16.6 Å². The fraction of sp³-hybridized carbons (Fsp3) is 0.100. The minimum absolute atomic E-state index is 0.199. The van der Waals surface area contributed by atoms with Crippen LogP contribution in [0.1, 0.15) is 6.92 Å². The lowest BCUT2D eigenvalue weighted by Crippen LogP contribution is -1.83. The van der Waals surface area contributed by atoms with Crippen molar-refractivity contribution >= 4 is 0 Å². The molecule has 0 saturated heterocycles. The van der Waals surface area contributed by atoms with Crippen molar-refractivity contribution < 1.29 is 4.92 Å². The summed E-state index contributed by atoms with van der Waals surface area (Å²) in [6.45, 7) is 5.46. The summed E-state index contributed by atoms with van der Waals surface area (Å²) in [5.74, 6) is 0. The lowest BCUT2D eigenvalue weighted by Gasteiger charge is -1.89. The van der Waals surface area contributed by atoms with Crippen LogP contribution in [0.5, 0.6) is 0 Å². The molecular weight excluding hydrogens is 180 g/mol. The highest BCUT2D eigenvalue weighted by molar-refractivity contribution is 5.41. The Labute approximate surface area is 82.3 Å². The van der Waals surface area contributed by atoms with Gasteiger partial charge in [0.25, 0.3) is 0 Å². The van der Waals surface area contributed by atoms with E-state index in [9.17, 15) is 10.1 Å². The van der Waals surface area contributed by atoms with Crippen molar-refractivity contribution in [2.24, 2.45) is 0 Å². The molecule has 0 saturated carbocycles. The predicted octanol–water partition coefficient (Wildman–Crippen LogP) is 2.36. The number of hydrogen-bond donors (Lipinski definition) is 0. The average Bonchev–Trinajstić information content (AvgIpc) is 2.12. The monoisotopic (exact) mass is 190 g/mol. The van der Waals surface area contributed by atoms with E-state index in [0.29, 0.717) is 5.57 Å². The third-order valence-corrected chi connectivity index (χ3v) is 1.23. The molecule has 0 aliphatic heterocycles. The highest BCUT2D eigenvalue weighted by atomic mass is 16.6. The first-order valence-electron chi connectivity index (χ1n) is 3.85. The lowest BCUT2D eigenvalue weighted by atomic mass is 10.2. The molecule has 0 aliphatic rings. The fourth-order valence-corrected chi connectivity index (χ4v) is 0.721. The molecule has 0 aromatic heterocycles. The maximum absolute atomic E-state index is 9.98. The van der Waals surface area contributed by atoms with Gasteiger partial charge in [-0.05, 0) is 18.6 Å². The van der Waals surface area contributed by atoms with E-state index in [2.05, 4.69) is 6.58 Å². The maximum atomic E-state index is 9.98.